The second-order valence-corrected chi connectivity index (χ2v) is 2.57. The van der Waals surface area contributed by atoms with Gasteiger partial charge in [0.05, 0.1) is 7.11 Å². The average Bonchev–Trinajstić information content (AvgIpc) is 2.08. The highest BCUT2D eigenvalue weighted by molar-refractivity contribution is 5.87. The van der Waals surface area contributed by atoms with E-state index in [1.54, 1.807) is 0 Å². The number of hydrogen-bond acceptors (Lipinski definition) is 2. The maximum Gasteiger partial charge on any atom is 0.421 e. The van der Waals surface area contributed by atoms with Crippen LogP contribution in [0.25, 0.3) is 0 Å². The Morgan fingerprint density at radius 1 is 1.12 bits per heavy atom. The summed E-state index contributed by atoms with van der Waals surface area (Å²) in [5, 5.41) is 0.234. The molecule has 0 aromatic heterocycles. The van der Waals surface area contributed by atoms with Crippen molar-refractivity contribution in [3.8, 4) is 0 Å². The van der Waals surface area contributed by atoms with Crippen LogP contribution in [0.15, 0.2) is 11.6 Å². The summed E-state index contributed by atoms with van der Waals surface area (Å²) in [5.74, 6) is -1.56. The molecule has 94 valence electrons. The quantitative estimate of drug-likeness (QED) is 0.427. The van der Waals surface area contributed by atoms with Gasteiger partial charge in [-0.15, -0.1) is 0 Å². The van der Waals surface area contributed by atoms with Crippen molar-refractivity contribution in [2.24, 2.45) is 0 Å². The minimum absolute atomic E-state index is 0.234. The standard InChI is InChI=1S/C7H7F6NO2/c1-14(16-2)5(15)3-4(6(8,9)10)7(11,12)13/h3H,1-2H3. The molecular formula is C7H7F6NO2. The van der Waals surface area contributed by atoms with Crippen LogP contribution in [0, 0.1) is 0 Å². The first-order valence-electron chi connectivity index (χ1n) is 3.68. The third-order valence-electron chi connectivity index (χ3n) is 1.46. The third-order valence-corrected chi connectivity index (χ3v) is 1.46. The van der Waals surface area contributed by atoms with Gasteiger partial charge in [0.2, 0.25) is 0 Å². The van der Waals surface area contributed by atoms with E-state index in [1.165, 1.54) is 0 Å². The summed E-state index contributed by atoms with van der Waals surface area (Å²) in [5.41, 5.74) is -2.88. The molecule has 0 fully saturated rings. The van der Waals surface area contributed by atoms with Crippen LogP contribution in [0.2, 0.25) is 0 Å². The number of likely N-dealkylation sites (N-methyl/N-ethyl adjacent to an activating group) is 1. The number of nitrogens with zero attached hydrogens (tertiary/aromatic N) is 1. The van der Waals surface area contributed by atoms with Crippen molar-refractivity contribution < 1.29 is 36.0 Å². The fourth-order valence-electron chi connectivity index (χ4n) is 0.629. The Labute approximate surface area is 86.2 Å². The smallest absolute Gasteiger partial charge is 0.274 e. The van der Waals surface area contributed by atoms with E-state index in [1.807, 2.05) is 0 Å². The van der Waals surface area contributed by atoms with Crippen LogP contribution in [0.3, 0.4) is 0 Å². The molecule has 9 heteroatoms. The van der Waals surface area contributed by atoms with E-state index in [0.29, 0.717) is 0 Å². The molecule has 0 saturated carbocycles. The van der Waals surface area contributed by atoms with E-state index in [9.17, 15) is 31.1 Å². The number of halogens is 6. The third kappa shape index (κ3) is 4.09. The lowest BCUT2D eigenvalue weighted by Gasteiger charge is -2.16. The summed E-state index contributed by atoms with van der Waals surface area (Å²) < 4.78 is 71.7. The molecule has 0 aliphatic rings. The number of carbonyl (C=O) groups is 1. The highest BCUT2D eigenvalue weighted by Crippen LogP contribution is 2.38. The first-order valence-corrected chi connectivity index (χ1v) is 3.68. The van der Waals surface area contributed by atoms with E-state index < -0.39 is 29.9 Å². The Kier molecular flexibility index (Phi) is 4.36. The van der Waals surface area contributed by atoms with Gasteiger partial charge >= 0.3 is 12.4 Å². The Morgan fingerprint density at radius 2 is 1.50 bits per heavy atom. The Hall–Kier alpha value is -1.25. The van der Waals surface area contributed by atoms with Crippen LogP contribution < -0.4 is 0 Å². The lowest BCUT2D eigenvalue weighted by Crippen LogP contribution is -2.30. The second kappa shape index (κ2) is 4.73. The monoisotopic (exact) mass is 251 g/mol. The van der Waals surface area contributed by atoms with E-state index in [2.05, 4.69) is 4.84 Å². The molecule has 0 atom stereocenters. The summed E-state index contributed by atoms with van der Waals surface area (Å²) >= 11 is 0. The molecule has 0 rings (SSSR count). The fourth-order valence-corrected chi connectivity index (χ4v) is 0.629. The van der Waals surface area contributed by atoms with Crippen molar-refractivity contribution in [1.82, 2.24) is 5.06 Å². The number of rotatable bonds is 2. The van der Waals surface area contributed by atoms with Crippen LogP contribution in [-0.4, -0.2) is 37.5 Å². The first-order chi connectivity index (χ1) is 7.00. The minimum atomic E-state index is -5.65. The molecule has 0 aromatic carbocycles. The Morgan fingerprint density at radius 3 is 1.75 bits per heavy atom. The van der Waals surface area contributed by atoms with E-state index in [4.69, 9.17) is 0 Å². The van der Waals surface area contributed by atoms with Crippen molar-refractivity contribution >= 4 is 5.91 Å². The Balaban J connectivity index is 5.23. The molecule has 0 spiro atoms. The number of amides is 1. The predicted octanol–water partition coefficient (Wildman–Crippen LogP) is 2.06. The van der Waals surface area contributed by atoms with Gasteiger partial charge < -0.3 is 0 Å². The zero-order valence-corrected chi connectivity index (χ0v) is 8.11. The normalized spacial score (nSPS) is 12.2. The molecule has 16 heavy (non-hydrogen) atoms. The molecule has 1 amide bonds. The summed E-state index contributed by atoms with van der Waals surface area (Å²) in [4.78, 5) is 14.9. The zero-order chi connectivity index (χ0) is 13.1. The van der Waals surface area contributed by atoms with Crippen molar-refractivity contribution in [1.29, 1.82) is 0 Å². The topological polar surface area (TPSA) is 29.5 Å². The molecule has 3 nitrogen and oxygen atoms in total. The maximum absolute atomic E-state index is 11.9. The molecule has 0 heterocycles. The first kappa shape index (κ1) is 14.8. The minimum Gasteiger partial charge on any atom is -0.274 e. The molecule has 0 aromatic rings. The SMILES string of the molecule is CON(C)C(=O)C=C(C(F)(F)F)C(F)(F)F. The van der Waals surface area contributed by atoms with Gasteiger partial charge in [-0.1, -0.05) is 0 Å². The van der Waals surface area contributed by atoms with Gasteiger partial charge in [0.15, 0.2) is 0 Å². The van der Waals surface area contributed by atoms with Gasteiger partial charge in [0.25, 0.3) is 5.91 Å². The highest BCUT2D eigenvalue weighted by Gasteiger charge is 2.51. The van der Waals surface area contributed by atoms with E-state index >= 15 is 0 Å². The Bertz CT molecular complexity index is 276. The second-order valence-electron chi connectivity index (χ2n) is 2.57. The summed E-state index contributed by atoms with van der Waals surface area (Å²) in [7, 11) is 1.80. The number of hydroxylamine groups is 2. The van der Waals surface area contributed by atoms with Crippen LogP contribution in [0.1, 0.15) is 0 Å². The summed E-state index contributed by atoms with van der Waals surface area (Å²) in [6.07, 6.45) is -11.9. The lowest BCUT2D eigenvalue weighted by atomic mass is 10.2. The van der Waals surface area contributed by atoms with Crippen molar-refractivity contribution in [3.05, 3.63) is 11.6 Å². The van der Waals surface area contributed by atoms with Gasteiger partial charge in [-0.2, -0.15) is 26.3 Å². The zero-order valence-electron chi connectivity index (χ0n) is 8.11. The van der Waals surface area contributed by atoms with E-state index in [0.717, 1.165) is 14.2 Å². The predicted molar refractivity (Wildman–Crippen MR) is 40.0 cm³/mol. The molecule has 0 aliphatic heterocycles. The highest BCUT2D eigenvalue weighted by atomic mass is 19.4. The van der Waals surface area contributed by atoms with Crippen LogP contribution in [0.4, 0.5) is 26.3 Å². The summed E-state index contributed by atoms with van der Waals surface area (Å²) in [6.45, 7) is 0. The summed E-state index contributed by atoms with van der Waals surface area (Å²) in [6, 6.07) is 0. The van der Waals surface area contributed by atoms with Crippen molar-refractivity contribution in [3.63, 3.8) is 0 Å². The molecule has 0 unspecified atom stereocenters. The molecule has 0 radical (unpaired) electrons. The van der Waals surface area contributed by atoms with Gasteiger partial charge in [0.1, 0.15) is 5.57 Å². The van der Waals surface area contributed by atoms with E-state index in [-0.39, 0.29) is 5.06 Å². The number of carbonyl (C=O) groups excluding carboxylic acids is 1. The molecule has 0 N–H and O–H groups in total. The molecule has 0 bridgehead atoms. The number of allylic oxidation sites excluding steroid dienone is 1. The molecule has 0 saturated heterocycles. The van der Waals surface area contributed by atoms with Gasteiger partial charge in [0, 0.05) is 13.1 Å². The van der Waals surface area contributed by atoms with Crippen LogP contribution in [-0.2, 0) is 9.63 Å². The van der Waals surface area contributed by atoms with Gasteiger partial charge in [-0.05, 0) is 0 Å². The van der Waals surface area contributed by atoms with Crippen LogP contribution in [0.5, 0.6) is 0 Å². The average molecular weight is 251 g/mol. The largest absolute Gasteiger partial charge is 0.421 e. The fraction of sp³-hybridized carbons (Fsp3) is 0.571. The van der Waals surface area contributed by atoms with Crippen LogP contribution >= 0.6 is 0 Å². The molecular weight excluding hydrogens is 244 g/mol. The van der Waals surface area contributed by atoms with Crippen molar-refractivity contribution in [2.75, 3.05) is 14.2 Å². The number of hydrogen-bond donors (Lipinski definition) is 0. The van der Waals surface area contributed by atoms with Crippen molar-refractivity contribution in [2.45, 2.75) is 12.4 Å². The molecule has 0 aliphatic carbocycles. The lowest BCUT2D eigenvalue weighted by molar-refractivity contribution is -0.177. The maximum atomic E-state index is 11.9. The van der Waals surface area contributed by atoms with Gasteiger partial charge in [-0.3, -0.25) is 9.63 Å². The number of alkyl halides is 6. The van der Waals surface area contributed by atoms with Gasteiger partial charge in [-0.25, -0.2) is 5.06 Å².